The maximum absolute atomic E-state index is 12.4. The van der Waals surface area contributed by atoms with E-state index in [0.717, 1.165) is 10.0 Å². The molecule has 0 amide bonds. The fraction of sp³-hybridized carbons (Fsp3) is 0.250. The Balaban J connectivity index is 2.07. The van der Waals surface area contributed by atoms with Crippen molar-refractivity contribution in [3.05, 3.63) is 64.1 Å². The van der Waals surface area contributed by atoms with Crippen molar-refractivity contribution < 1.29 is 13.5 Å². The van der Waals surface area contributed by atoms with Crippen LogP contribution in [0.4, 0.5) is 8.78 Å². The van der Waals surface area contributed by atoms with Gasteiger partial charge in [-0.15, -0.1) is 0 Å². The number of hydrogen-bond donors (Lipinski definition) is 1. The van der Waals surface area contributed by atoms with Crippen LogP contribution in [0.5, 0.6) is 5.75 Å². The summed E-state index contributed by atoms with van der Waals surface area (Å²) in [5.74, 6) is 0.195. The van der Waals surface area contributed by atoms with Gasteiger partial charge in [-0.25, -0.2) is 0 Å². The monoisotopic (exact) mass is 355 g/mol. The molecule has 0 aliphatic heterocycles. The van der Waals surface area contributed by atoms with Crippen molar-refractivity contribution in [2.45, 2.75) is 26.1 Å². The largest absolute Gasteiger partial charge is 0.434 e. The van der Waals surface area contributed by atoms with E-state index >= 15 is 0 Å². The summed E-state index contributed by atoms with van der Waals surface area (Å²) in [6, 6.07) is 15.1. The van der Waals surface area contributed by atoms with E-state index in [-0.39, 0.29) is 11.8 Å². The Morgan fingerprint density at radius 1 is 1.14 bits per heavy atom. The molecule has 0 fully saturated rings. The molecule has 0 radical (unpaired) electrons. The summed E-state index contributed by atoms with van der Waals surface area (Å²) in [7, 11) is 0. The van der Waals surface area contributed by atoms with Gasteiger partial charge < -0.3 is 10.1 Å². The quantitative estimate of drug-likeness (QED) is 0.795. The fourth-order valence-corrected chi connectivity index (χ4v) is 2.43. The fourth-order valence-electron chi connectivity index (χ4n) is 2.02. The van der Waals surface area contributed by atoms with E-state index in [9.17, 15) is 8.78 Å². The lowest BCUT2D eigenvalue weighted by molar-refractivity contribution is -0.0505. The van der Waals surface area contributed by atoms with Gasteiger partial charge in [0.2, 0.25) is 0 Å². The zero-order valence-electron chi connectivity index (χ0n) is 11.5. The molecule has 0 bridgehead atoms. The van der Waals surface area contributed by atoms with E-state index in [1.54, 1.807) is 18.2 Å². The van der Waals surface area contributed by atoms with Gasteiger partial charge in [-0.3, -0.25) is 0 Å². The van der Waals surface area contributed by atoms with E-state index in [0.29, 0.717) is 12.1 Å². The van der Waals surface area contributed by atoms with Crippen LogP contribution in [0.3, 0.4) is 0 Å². The third-order valence-electron chi connectivity index (χ3n) is 3.14. The number of halogens is 3. The van der Waals surface area contributed by atoms with Gasteiger partial charge in [0, 0.05) is 22.6 Å². The number of benzene rings is 2. The Morgan fingerprint density at radius 2 is 1.86 bits per heavy atom. The second kappa shape index (κ2) is 7.52. The second-order valence-electron chi connectivity index (χ2n) is 4.64. The van der Waals surface area contributed by atoms with Crippen LogP contribution in [0.1, 0.15) is 24.1 Å². The first-order valence-electron chi connectivity index (χ1n) is 6.58. The topological polar surface area (TPSA) is 21.3 Å². The van der Waals surface area contributed by atoms with Gasteiger partial charge in [-0.1, -0.05) is 46.3 Å². The summed E-state index contributed by atoms with van der Waals surface area (Å²) in [4.78, 5) is 0. The maximum atomic E-state index is 12.4. The molecule has 21 heavy (non-hydrogen) atoms. The number of ether oxygens (including phenoxy) is 1. The Hall–Kier alpha value is -1.46. The molecule has 0 saturated heterocycles. The molecular formula is C16H16BrF2NO. The van der Waals surface area contributed by atoms with Crippen LogP contribution in [0.25, 0.3) is 0 Å². The van der Waals surface area contributed by atoms with Gasteiger partial charge in [0.05, 0.1) is 0 Å². The van der Waals surface area contributed by atoms with Gasteiger partial charge in [-0.2, -0.15) is 8.78 Å². The summed E-state index contributed by atoms with van der Waals surface area (Å²) in [5.41, 5.74) is 1.83. The van der Waals surface area contributed by atoms with Crippen molar-refractivity contribution in [1.29, 1.82) is 0 Å². The molecule has 0 heterocycles. The highest BCUT2D eigenvalue weighted by molar-refractivity contribution is 9.10. The molecule has 0 aliphatic carbocycles. The highest BCUT2D eigenvalue weighted by atomic mass is 79.9. The van der Waals surface area contributed by atoms with Crippen molar-refractivity contribution in [1.82, 2.24) is 5.32 Å². The zero-order chi connectivity index (χ0) is 15.2. The lowest BCUT2D eigenvalue weighted by atomic mass is 10.1. The van der Waals surface area contributed by atoms with Crippen LogP contribution >= 0.6 is 15.9 Å². The van der Waals surface area contributed by atoms with Crippen molar-refractivity contribution in [2.24, 2.45) is 0 Å². The molecule has 0 aliphatic rings. The molecule has 5 heteroatoms. The van der Waals surface area contributed by atoms with Gasteiger partial charge in [0.1, 0.15) is 5.75 Å². The Kier molecular flexibility index (Phi) is 5.70. The third-order valence-corrected chi connectivity index (χ3v) is 3.63. The van der Waals surface area contributed by atoms with Crippen LogP contribution in [0.15, 0.2) is 53.0 Å². The van der Waals surface area contributed by atoms with Gasteiger partial charge in [0.15, 0.2) is 0 Å². The minimum Gasteiger partial charge on any atom is -0.434 e. The van der Waals surface area contributed by atoms with Crippen LogP contribution in [-0.2, 0) is 6.54 Å². The standard InChI is InChI=1S/C16H16BrF2NO/c1-11(12-5-3-2-4-6-12)20-10-13-9-14(17)7-8-15(13)21-16(18)19/h2-9,11,16,20H,10H2,1H3/t11-/m1/s1. The minimum atomic E-state index is -2.82. The highest BCUT2D eigenvalue weighted by Gasteiger charge is 2.11. The summed E-state index contributed by atoms with van der Waals surface area (Å²) in [5, 5.41) is 3.31. The normalized spacial score (nSPS) is 12.4. The minimum absolute atomic E-state index is 0.115. The second-order valence-corrected chi connectivity index (χ2v) is 5.56. The van der Waals surface area contributed by atoms with Gasteiger partial charge in [0.25, 0.3) is 0 Å². The molecule has 0 saturated carbocycles. The number of rotatable bonds is 6. The Morgan fingerprint density at radius 3 is 2.52 bits per heavy atom. The summed E-state index contributed by atoms with van der Waals surface area (Å²) < 4.78 is 30.2. The Bertz CT molecular complexity index is 578. The lowest BCUT2D eigenvalue weighted by Gasteiger charge is -2.16. The average Bonchev–Trinajstić information content (AvgIpc) is 2.47. The van der Waals surface area contributed by atoms with Gasteiger partial charge in [-0.05, 0) is 30.7 Å². The highest BCUT2D eigenvalue weighted by Crippen LogP contribution is 2.25. The molecule has 1 N–H and O–H groups in total. The predicted molar refractivity (Wildman–Crippen MR) is 82.5 cm³/mol. The van der Waals surface area contributed by atoms with Crippen LogP contribution in [0.2, 0.25) is 0 Å². The molecule has 0 spiro atoms. The molecule has 1 atom stereocenters. The van der Waals surface area contributed by atoms with Crippen molar-refractivity contribution in [2.75, 3.05) is 0 Å². The molecule has 2 aromatic carbocycles. The predicted octanol–water partition coefficient (Wildman–Crippen LogP) is 4.90. The van der Waals surface area contributed by atoms with Gasteiger partial charge >= 0.3 is 6.61 Å². The third kappa shape index (κ3) is 4.79. The zero-order valence-corrected chi connectivity index (χ0v) is 13.1. The number of nitrogens with one attached hydrogen (secondary N) is 1. The molecule has 0 unspecified atom stereocenters. The first-order chi connectivity index (χ1) is 10.1. The molecule has 0 aromatic heterocycles. The first kappa shape index (κ1) is 15.9. The van der Waals surface area contributed by atoms with E-state index in [2.05, 4.69) is 26.0 Å². The summed E-state index contributed by atoms with van der Waals surface area (Å²) in [6.45, 7) is -0.352. The first-order valence-corrected chi connectivity index (χ1v) is 7.37. The summed E-state index contributed by atoms with van der Waals surface area (Å²) >= 11 is 3.34. The molecule has 112 valence electrons. The maximum Gasteiger partial charge on any atom is 0.387 e. The SMILES string of the molecule is C[C@@H](NCc1cc(Br)ccc1OC(F)F)c1ccccc1. The average molecular weight is 356 g/mol. The van der Waals surface area contributed by atoms with Crippen molar-refractivity contribution in [3.8, 4) is 5.75 Å². The molecular weight excluding hydrogens is 340 g/mol. The number of hydrogen-bond acceptors (Lipinski definition) is 2. The van der Waals surface area contributed by atoms with E-state index in [1.807, 2.05) is 37.3 Å². The van der Waals surface area contributed by atoms with Crippen LogP contribution < -0.4 is 10.1 Å². The van der Waals surface area contributed by atoms with E-state index in [1.165, 1.54) is 0 Å². The molecule has 2 rings (SSSR count). The van der Waals surface area contributed by atoms with E-state index in [4.69, 9.17) is 0 Å². The van der Waals surface area contributed by atoms with E-state index < -0.39 is 6.61 Å². The molecule has 2 nitrogen and oxygen atoms in total. The summed E-state index contributed by atoms with van der Waals surface area (Å²) in [6.07, 6.45) is 0. The number of alkyl halides is 2. The Labute approximate surface area is 131 Å². The lowest BCUT2D eigenvalue weighted by Crippen LogP contribution is -2.19. The molecule has 2 aromatic rings. The van der Waals surface area contributed by atoms with Crippen molar-refractivity contribution >= 4 is 15.9 Å². The van der Waals surface area contributed by atoms with Crippen LogP contribution in [-0.4, -0.2) is 6.61 Å². The van der Waals surface area contributed by atoms with Crippen molar-refractivity contribution in [3.63, 3.8) is 0 Å². The van der Waals surface area contributed by atoms with Crippen LogP contribution in [0, 0.1) is 0 Å². The smallest absolute Gasteiger partial charge is 0.387 e.